The first-order valence-corrected chi connectivity index (χ1v) is 23.1. The summed E-state index contributed by atoms with van der Waals surface area (Å²) in [5, 5.41) is 0. The van der Waals surface area contributed by atoms with Gasteiger partial charge in [0.1, 0.15) is 0 Å². The van der Waals surface area contributed by atoms with Crippen molar-refractivity contribution < 1.29 is 4.74 Å². The summed E-state index contributed by atoms with van der Waals surface area (Å²) in [7, 11) is 7.21. The van der Waals surface area contributed by atoms with Gasteiger partial charge in [-0.3, -0.25) is 0 Å². The molecule has 0 aromatic carbocycles. The maximum atomic E-state index is 6.92. The third-order valence-corrected chi connectivity index (χ3v) is 10.3. The van der Waals surface area contributed by atoms with Gasteiger partial charge in [-0.1, -0.05) is 150 Å². The summed E-state index contributed by atoms with van der Waals surface area (Å²) in [6.07, 6.45) is 47.9. The van der Waals surface area contributed by atoms with E-state index in [1.165, 1.54) is 199 Å². The van der Waals surface area contributed by atoms with Crippen molar-refractivity contribution in [1.29, 1.82) is 0 Å². The Morgan fingerprint density at radius 3 is 1.55 bits per heavy atom. The first-order chi connectivity index (χ1) is 24.1. The molecule has 0 aliphatic carbocycles. The Bertz CT molecular complexity index is 710. The van der Waals surface area contributed by atoms with Gasteiger partial charge in [0, 0.05) is 12.8 Å². The number of hydrogen-bond donors (Lipinski definition) is 0. The lowest BCUT2D eigenvalue weighted by molar-refractivity contribution is -0.0579. The summed E-state index contributed by atoms with van der Waals surface area (Å²) in [5.41, 5.74) is 0.184. The fourth-order valence-corrected chi connectivity index (χ4v) is 7.29. The molecule has 0 N–H and O–H groups in total. The lowest BCUT2D eigenvalue weighted by Gasteiger charge is -2.30. The van der Waals surface area contributed by atoms with Crippen molar-refractivity contribution in [2.75, 3.05) is 26.8 Å². The molecule has 292 valence electrons. The van der Waals surface area contributed by atoms with E-state index < -0.39 is 0 Å². The van der Waals surface area contributed by atoms with Crippen molar-refractivity contribution in [1.82, 2.24) is 4.90 Å². The second kappa shape index (κ2) is 42.1. The molecule has 0 aromatic rings. The second-order valence-corrected chi connectivity index (χ2v) is 15.2. The highest BCUT2D eigenvalue weighted by molar-refractivity contribution is 7.16. The molecule has 0 radical (unpaired) electrons. The van der Waals surface area contributed by atoms with Crippen LogP contribution >= 0.6 is 9.24 Å². The van der Waals surface area contributed by atoms with Gasteiger partial charge in [0.05, 0.1) is 11.7 Å². The minimum atomic E-state index is 0.184. The van der Waals surface area contributed by atoms with Gasteiger partial charge in [-0.05, 0) is 110 Å². The number of rotatable bonds is 32. The van der Waals surface area contributed by atoms with E-state index in [9.17, 15) is 0 Å². The van der Waals surface area contributed by atoms with Crippen LogP contribution in [-0.2, 0) is 4.74 Å². The molecule has 3 unspecified atom stereocenters. The van der Waals surface area contributed by atoms with Gasteiger partial charge < -0.3 is 9.64 Å². The molecule has 0 saturated carbocycles. The molecule has 2 nitrogen and oxygen atoms in total. The van der Waals surface area contributed by atoms with Crippen LogP contribution in [0.5, 0.6) is 0 Å². The SMILES string of the molecule is CC.CC.CCCCCCCC/C=C\CCCCCCCC1(CCCCCCCC#CCCCCCCCP)CCC(CCCN(C)C)O1. The highest BCUT2D eigenvalue weighted by Crippen LogP contribution is 2.40. The van der Waals surface area contributed by atoms with E-state index in [2.05, 4.69) is 59.2 Å². The zero-order valence-electron chi connectivity index (χ0n) is 35.0. The highest BCUT2D eigenvalue weighted by atomic mass is 31.0. The molecule has 1 aliphatic rings. The average Bonchev–Trinajstić information content (AvgIpc) is 3.52. The molecule has 1 heterocycles. The van der Waals surface area contributed by atoms with Crippen molar-refractivity contribution in [3.63, 3.8) is 0 Å². The molecule has 3 heteroatoms. The summed E-state index contributed by atoms with van der Waals surface area (Å²) < 4.78 is 6.92. The van der Waals surface area contributed by atoms with Crippen LogP contribution in [0, 0.1) is 11.8 Å². The van der Waals surface area contributed by atoms with Crippen molar-refractivity contribution in [2.45, 2.75) is 245 Å². The predicted molar refractivity (Wildman–Crippen MR) is 229 cm³/mol. The van der Waals surface area contributed by atoms with Gasteiger partial charge in [-0.2, -0.15) is 0 Å². The second-order valence-electron chi connectivity index (χ2n) is 14.7. The largest absolute Gasteiger partial charge is 0.372 e. The summed E-state index contributed by atoms with van der Waals surface area (Å²) in [6.45, 7) is 11.5. The van der Waals surface area contributed by atoms with E-state index in [0.717, 1.165) is 12.8 Å². The molecule has 0 amide bonds. The summed E-state index contributed by atoms with van der Waals surface area (Å²) >= 11 is 0. The van der Waals surface area contributed by atoms with Crippen LogP contribution in [0.2, 0.25) is 0 Å². The Hall–Kier alpha value is -0.350. The minimum absolute atomic E-state index is 0.184. The smallest absolute Gasteiger partial charge is 0.0687 e. The molecule has 1 aliphatic heterocycles. The molecule has 1 fully saturated rings. The zero-order valence-corrected chi connectivity index (χ0v) is 36.2. The number of hydrogen-bond acceptors (Lipinski definition) is 2. The molecule has 0 spiro atoms. The fourth-order valence-electron chi connectivity index (χ4n) is 7.00. The molecular weight excluding hydrogens is 613 g/mol. The molecular formula is C46H92NOP. The van der Waals surface area contributed by atoms with Crippen molar-refractivity contribution in [2.24, 2.45) is 0 Å². The van der Waals surface area contributed by atoms with Crippen LogP contribution in [0.1, 0.15) is 234 Å². The number of unbranched alkanes of at least 4 members (excludes halogenated alkanes) is 21. The van der Waals surface area contributed by atoms with Crippen LogP contribution in [0.15, 0.2) is 12.2 Å². The third kappa shape index (κ3) is 35.8. The van der Waals surface area contributed by atoms with Crippen LogP contribution in [0.25, 0.3) is 0 Å². The third-order valence-electron chi connectivity index (χ3n) is 9.93. The lowest BCUT2D eigenvalue weighted by atomic mass is 9.87. The zero-order chi connectivity index (χ0) is 36.5. The summed E-state index contributed by atoms with van der Waals surface area (Å²) in [4.78, 5) is 2.31. The number of ether oxygens (including phenoxy) is 1. The van der Waals surface area contributed by atoms with Crippen molar-refractivity contribution in [3.8, 4) is 11.8 Å². The van der Waals surface area contributed by atoms with Crippen LogP contribution in [0.3, 0.4) is 0 Å². The molecule has 0 aromatic heterocycles. The molecule has 3 atom stereocenters. The minimum Gasteiger partial charge on any atom is -0.372 e. The normalized spacial score (nSPS) is 17.0. The van der Waals surface area contributed by atoms with Gasteiger partial charge in [0.15, 0.2) is 0 Å². The van der Waals surface area contributed by atoms with Crippen molar-refractivity contribution >= 4 is 9.24 Å². The van der Waals surface area contributed by atoms with E-state index in [1.807, 2.05) is 27.7 Å². The number of nitrogens with zero attached hydrogens (tertiary/aromatic N) is 1. The van der Waals surface area contributed by atoms with Gasteiger partial charge in [-0.25, -0.2) is 0 Å². The van der Waals surface area contributed by atoms with Crippen LogP contribution < -0.4 is 0 Å². The lowest BCUT2D eigenvalue weighted by Crippen LogP contribution is -2.29. The summed E-state index contributed by atoms with van der Waals surface area (Å²) in [6, 6.07) is 0. The van der Waals surface area contributed by atoms with E-state index in [0.29, 0.717) is 6.10 Å². The van der Waals surface area contributed by atoms with Crippen molar-refractivity contribution in [3.05, 3.63) is 12.2 Å². The molecule has 1 saturated heterocycles. The van der Waals surface area contributed by atoms with Gasteiger partial charge in [0.25, 0.3) is 0 Å². The Labute approximate surface area is 314 Å². The quantitative estimate of drug-likeness (QED) is 0.0299. The van der Waals surface area contributed by atoms with Gasteiger partial charge >= 0.3 is 0 Å². The molecule has 1 rings (SSSR count). The Morgan fingerprint density at radius 2 is 1.06 bits per heavy atom. The predicted octanol–water partition coefficient (Wildman–Crippen LogP) is 15.3. The standard InChI is InChI=1S/C42H80NOP.2C2H6/c1-4-5-6-7-8-9-10-11-12-15-18-21-24-27-30-36-42(38-35-41(44-42)34-33-39-43(2)3)37-31-28-25-22-19-16-13-14-17-20-23-26-29-32-40-45;2*1-2/h11-12,41H,4-10,15-40,45H2,1-3H3;2*1-2H3/b12-11-;;. The Morgan fingerprint density at radius 1 is 0.612 bits per heavy atom. The van der Waals surface area contributed by atoms with E-state index in [1.54, 1.807) is 0 Å². The molecule has 49 heavy (non-hydrogen) atoms. The van der Waals surface area contributed by atoms with Gasteiger partial charge in [0.2, 0.25) is 0 Å². The maximum absolute atomic E-state index is 6.92. The fraction of sp³-hybridized carbons (Fsp3) is 0.913. The van der Waals surface area contributed by atoms with Crippen LogP contribution in [0.4, 0.5) is 0 Å². The van der Waals surface area contributed by atoms with Gasteiger partial charge in [-0.15, -0.1) is 21.1 Å². The average molecular weight is 706 g/mol. The van der Waals surface area contributed by atoms with Crippen LogP contribution in [-0.4, -0.2) is 43.4 Å². The molecule has 0 bridgehead atoms. The summed E-state index contributed by atoms with van der Waals surface area (Å²) in [5.74, 6) is 6.86. The Balaban J connectivity index is 0. The van der Waals surface area contributed by atoms with E-state index in [-0.39, 0.29) is 5.60 Å². The van der Waals surface area contributed by atoms with E-state index >= 15 is 0 Å². The first kappa shape index (κ1) is 50.8. The maximum Gasteiger partial charge on any atom is 0.0687 e. The highest BCUT2D eigenvalue weighted by Gasteiger charge is 2.38. The monoisotopic (exact) mass is 706 g/mol. The topological polar surface area (TPSA) is 12.5 Å². The first-order valence-electron chi connectivity index (χ1n) is 22.2. The van der Waals surface area contributed by atoms with E-state index in [4.69, 9.17) is 4.74 Å². The Kier molecular flexibility index (Phi) is 43.6. The number of allylic oxidation sites excluding steroid dienone is 2.